The molecule has 0 aliphatic heterocycles. The maximum Gasteiger partial charge on any atom is 0.154 e. The summed E-state index contributed by atoms with van der Waals surface area (Å²) in [5, 5.41) is 0. The van der Waals surface area contributed by atoms with Crippen LogP contribution in [-0.4, -0.2) is 23.1 Å². The van der Waals surface area contributed by atoms with E-state index >= 15 is 0 Å². The molecule has 4 nitrogen and oxygen atoms in total. The number of rotatable bonds is 5. The Bertz CT molecular complexity index is 315. The molecule has 2 N–H and O–H groups in total. The molecule has 0 bridgehead atoms. The second kappa shape index (κ2) is 5.78. The predicted octanol–water partition coefficient (Wildman–Crippen LogP) is 1.21. The van der Waals surface area contributed by atoms with Crippen LogP contribution in [0.3, 0.4) is 0 Å². The van der Waals surface area contributed by atoms with Crippen LogP contribution in [0.2, 0.25) is 0 Å². The summed E-state index contributed by atoms with van der Waals surface area (Å²) in [6.07, 6.45) is 1.76. The number of aryl methyl sites for hydroxylation is 1. The van der Waals surface area contributed by atoms with E-state index in [0.717, 1.165) is 30.1 Å². The van der Waals surface area contributed by atoms with Crippen LogP contribution < -0.4 is 5.73 Å². The van der Waals surface area contributed by atoms with Crippen molar-refractivity contribution in [2.75, 3.05) is 7.11 Å². The first kappa shape index (κ1) is 12.1. The summed E-state index contributed by atoms with van der Waals surface area (Å²) in [5.41, 5.74) is 7.86. The van der Waals surface area contributed by atoms with Crippen LogP contribution in [0.5, 0.6) is 0 Å². The van der Waals surface area contributed by atoms with E-state index < -0.39 is 0 Å². The molecule has 0 radical (unpaired) electrons. The number of nitrogens with two attached hydrogens (primary N) is 1. The molecule has 1 atom stereocenters. The SMILES string of the molecule is CCC(N)Cc1cc(C)nc(COC)n1. The molecule has 0 spiro atoms. The fraction of sp³-hybridized carbons (Fsp3) is 0.636. The molecule has 0 aromatic carbocycles. The zero-order chi connectivity index (χ0) is 11.3. The van der Waals surface area contributed by atoms with Gasteiger partial charge in [-0.25, -0.2) is 9.97 Å². The van der Waals surface area contributed by atoms with E-state index in [-0.39, 0.29) is 6.04 Å². The van der Waals surface area contributed by atoms with Gasteiger partial charge in [0.05, 0.1) is 0 Å². The number of hydrogen-bond donors (Lipinski definition) is 1. The van der Waals surface area contributed by atoms with Crippen molar-refractivity contribution < 1.29 is 4.74 Å². The summed E-state index contributed by atoms with van der Waals surface area (Å²) in [4.78, 5) is 8.67. The number of methoxy groups -OCH3 is 1. The first-order valence-electron chi connectivity index (χ1n) is 5.23. The topological polar surface area (TPSA) is 61.0 Å². The van der Waals surface area contributed by atoms with Gasteiger partial charge in [-0.05, 0) is 19.4 Å². The second-order valence-electron chi connectivity index (χ2n) is 3.72. The quantitative estimate of drug-likeness (QED) is 0.792. The lowest BCUT2D eigenvalue weighted by Gasteiger charge is -2.09. The Morgan fingerprint density at radius 1 is 1.47 bits per heavy atom. The third-order valence-electron chi connectivity index (χ3n) is 2.22. The summed E-state index contributed by atoms with van der Waals surface area (Å²) in [6, 6.07) is 2.16. The minimum atomic E-state index is 0.176. The van der Waals surface area contributed by atoms with Crippen LogP contribution in [0.4, 0.5) is 0 Å². The Labute approximate surface area is 90.9 Å². The summed E-state index contributed by atoms with van der Waals surface area (Å²) >= 11 is 0. The van der Waals surface area contributed by atoms with Crippen LogP contribution in [0.15, 0.2) is 6.07 Å². The van der Waals surface area contributed by atoms with Crippen LogP contribution in [0, 0.1) is 6.92 Å². The van der Waals surface area contributed by atoms with Crippen molar-refractivity contribution in [1.29, 1.82) is 0 Å². The first-order valence-corrected chi connectivity index (χ1v) is 5.23. The molecule has 84 valence electrons. The van der Waals surface area contributed by atoms with Crippen molar-refractivity contribution in [3.63, 3.8) is 0 Å². The highest BCUT2D eigenvalue weighted by molar-refractivity contribution is 5.11. The molecule has 0 saturated heterocycles. The van der Waals surface area contributed by atoms with E-state index in [9.17, 15) is 0 Å². The first-order chi connectivity index (χ1) is 7.15. The molecule has 0 aliphatic carbocycles. The molecule has 1 heterocycles. The van der Waals surface area contributed by atoms with Gasteiger partial charge in [-0.1, -0.05) is 6.92 Å². The van der Waals surface area contributed by atoms with E-state index in [2.05, 4.69) is 16.9 Å². The number of nitrogens with zero attached hydrogens (tertiary/aromatic N) is 2. The number of ether oxygens (including phenoxy) is 1. The Hall–Kier alpha value is -1.00. The lowest BCUT2D eigenvalue weighted by molar-refractivity contribution is 0.177. The maximum absolute atomic E-state index is 5.89. The van der Waals surface area contributed by atoms with Gasteiger partial charge in [-0.3, -0.25) is 0 Å². The van der Waals surface area contributed by atoms with Crippen molar-refractivity contribution in [3.8, 4) is 0 Å². The average Bonchev–Trinajstić information content (AvgIpc) is 2.17. The molecule has 0 saturated carbocycles. The van der Waals surface area contributed by atoms with Crippen LogP contribution in [0.1, 0.15) is 30.6 Å². The molecule has 0 fully saturated rings. The van der Waals surface area contributed by atoms with Crippen LogP contribution in [0.25, 0.3) is 0 Å². The molecule has 4 heteroatoms. The number of hydrogen-bond acceptors (Lipinski definition) is 4. The van der Waals surface area contributed by atoms with Gasteiger partial charge in [0, 0.05) is 31.0 Å². The largest absolute Gasteiger partial charge is 0.377 e. The van der Waals surface area contributed by atoms with Gasteiger partial charge in [0.1, 0.15) is 6.61 Å². The van der Waals surface area contributed by atoms with Gasteiger partial charge >= 0.3 is 0 Å². The fourth-order valence-electron chi connectivity index (χ4n) is 1.41. The third-order valence-corrected chi connectivity index (χ3v) is 2.22. The summed E-state index contributed by atoms with van der Waals surface area (Å²) in [5.74, 6) is 0.732. The van der Waals surface area contributed by atoms with Crippen LogP contribution >= 0.6 is 0 Å². The van der Waals surface area contributed by atoms with E-state index in [1.54, 1.807) is 7.11 Å². The highest BCUT2D eigenvalue weighted by atomic mass is 16.5. The van der Waals surface area contributed by atoms with E-state index in [0.29, 0.717) is 6.61 Å². The van der Waals surface area contributed by atoms with Crippen molar-refractivity contribution in [2.45, 2.75) is 39.3 Å². The molecule has 1 rings (SSSR count). The minimum absolute atomic E-state index is 0.176. The van der Waals surface area contributed by atoms with Crippen molar-refractivity contribution in [1.82, 2.24) is 9.97 Å². The van der Waals surface area contributed by atoms with Gasteiger partial charge in [-0.15, -0.1) is 0 Å². The second-order valence-corrected chi connectivity index (χ2v) is 3.72. The molecular weight excluding hydrogens is 190 g/mol. The zero-order valence-corrected chi connectivity index (χ0v) is 9.66. The summed E-state index contributed by atoms with van der Waals surface area (Å²) in [6.45, 7) is 4.49. The predicted molar refractivity (Wildman–Crippen MR) is 59.5 cm³/mol. The lowest BCUT2D eigenvalue weighted by Crippen LogP contribution is -2.22. The smallest absolute Gasteiger partial charge is 0.154 e. The third kappa shape index (κ3) is 3.93. The van der Waals surface area contributed by atoms with Crippen LogP contribution in [-0.2, 0) is 17.8 Å². The van der Waals surface area contributed by atoms with Crippen molar-refractivity contribution >= 4 is 0 Å². The van der Waals surface area contributed by atoms with Gasteiger partial charge in [-0.2, -0.15) is 0 Å². The van der Waals surface area contributed by atoms with Crippen molar-refractivity contribution in [3.05, 3.63) is 23.3 Å². The highest BCUT2D eigenvalue weighted by Crippen LogP contribution is 2.05. The highest BCUT2D eigenvalue weighted by Gasteiger charge is 2.06. The Balaban J connectivity index is 2.78. The molecule has 0 amide bonds. The van der Waals surface area contributed by atoms with E-state index in [4.69, 9.17) is 10.5 Å². The molecule has 1 aromatic heterocycles. The average molecular weight is 209 g/mol. The van der Waals surface area contributed by atoms with Gasteiger partial charge < -0.3 is 10.5 Å². The van der Waals surface area contributed by atoms with Crippen molar-refractivity contribution in [2.24, 2.45) is 5.73 Å². The Morgan fingerprint density at radius 2 is 2.20 bits per heavy atom. The fourth-order valence-corrected chi connectivity index (χ4v) is 1.41. The maximum atomic E-state index is 5.89. The normalized spacial score (nSPS) is 12.8. The van der Waals surface area contributed by atoms with Gasteiger partial charge in [0.2, 0.25) is 0 Å². The van der Waals surface area contributed by atoms with Gasteiger partial charge in [0.15, 0.2) is 5.82 Å². The summed E-state index contributed by atoms with van der Waals surface area (Å²) in [7, 11) is 1.64. The molecule has 15 heavy (non-hydrogen) atoms. The molecule has 1 unspecified atom stereocenters. The molecule has 0 aliphatic rings. The molecular formula is C11H19N3O. The Kier molecular flexibility index (Phi) is 4.65. The van der Waals surface area contributed by atoms with E-state index in [1.165, 1.54) is 0 Å². The minimum Gasteiger partial charge on any atom is -0.377 e. The number of aromatic nitrogens is 2. The van der Waals surface area contributed by atoms with E-state index in [1.807, 2.05) is 13.0 Å². The monoisotopic (exact) mass is 209 g/mol. The standard InChI is InChI=1S/C11H19N3O/c1-4-9(12)6-10-5-8(2)13-11(14-10)7-15-3/h5,9H,4,6-7,12H2,1-3H3. The lowest BCUT2D eigenvalue weighted by atomic mass is 10.1. The Morgan fingerprint density at radius 3 is 2.80 bits per heavy atom. The zero-order valence-electron chi connectivity index (χ0n) is 9.66. The van der Waals surface area contributed by atoms with Gasteiger partial charge in [0.25, 0.3) is 0 Å². The summed E-state index contributed by atoms with van der Waals surface area (Å²) < 4.78 is 5.01. The molecule has 1 aromatic rings.